The van der Waals surface area contributed by atoms with Crippen molar-refractivity contribution >= 4 is 11.9 Å². The van der Waals surface area contributed by atoms with Crippen LogP contribution in [0.4, 0.5) is 0 Å². The lowest BCUT2D eigenvalue weighted by Gasteiger charge is -1.98. The van der Waals surface area contributed by atoms with Crippen molar-refractivity contribution in [3.63, 3.8) is 0 Å². The quantitative estimate of drug-likeness (QED) is 0.307. The number of carbonyl (C=O) groups is 2. The summed E-state index contributed by atoms with van der Waals surface area (Å²) in [6, 6.07) is 0. The monoisotopic (exact) mass is 241 g/mol. The number of ether oxygens (including phenoxy) is 1. The van der Waals surface area contributed by atoms with Gasteiger partial charge in [-0.25, -0.2) is 0 Å². The summed E-state index contributed by atoms with van der Waals surface area (Å²) in [6.45, 7) is 8.57. The zero-order chi connectivity index (χ0) is 13.5. The highest BCUT2D eigenvalue weighted by Gasteiger charge is 1.98. The van der Waals surface area contributed by atoms with Gasteiger partial charge in [-0.1, -0.05) is 45.8 Å². The molecule has 0 radical (unpaired) electrons. The van der Waals surface area contributed by atoms with Gasteiger partial charge in [-0.2, -0.15) is 0 Å². The van der Waals surface area contributed by atoms with Gasteiger partial charge >= 0.3 is 5.97 Å². The van der Waals surface area contributed by atoms with Gasteiger partial charge in [0.25, 0.3) is 0 Å². The van der Waals surface area contributed by atoms with E-state index in [0.717, 1.165) is 18.9 Å². The van der Waals surface area contributed by atoms with Crippen LogP contribution >= 0.6 is 0 Å². The maximum absolute atomic E-state index is 10.8. The number of hydrogen-bond donors (Lipinski definition) is 1. The molecule has 2 N–H and O–H groups in total. The Morgan fingerprint density at radius 2 is 1.71 bits per heavy atom. The minimum Gasteiger partial charge on any atom is -0.435 e. The largest absolute Gasteiger partial charge is 0.435 e. The molecule has 0 aromatic rings. The maximum Gasteiger partial charge on any atom is 0.310 e. The molecule has 0 saturated heterocycles. The molecule has 98 valence electrons. The highest BCUT2D eigenvalue weighted by molar-refractivity contribution is 5.84. The molecule has 0 aromatic heterocycles. The number of rotatable bonds is 8. The highest BCUT2D eigenvalue weighted by atomic mass is 16.5. The van der Waals surface area contributed by atoms with E-state index >= 15 is 0 Å². The lowest BCUT2D eigenvalue weighted by molar-refractivity contribution is -0.138. The third kappa shape index (κ3) is 20.5. The van der Waals surface area contributed by atoms with E-state index in [0.29, 0.717) is 6.42 Å². The van der Waals surface area contributed by atoms with Crippen LogP contribution in [-0.4, -0.2) is 11.9 Å². The van der Waals surface area contributed by atoms with Crippen molar-refractivity contribution in [1.82, 2.24) is 0 Å². The average Bonchev–Trinajstić information content (AvgIpc) is 2.30. The molecule has 0 saturated carbocycles. The van der Waals surface area contributed by atoms with Crippen LogP contribution in [0.2, 0.25) is 0 Å². The maximum atomic E-state index is 10.8. The summed E-state index contributed by atoms with van der Waals surface area (Å²) < 4.78 is 4.57. The predicted octanol–water partition coefficient (Wildman–Crippen LogP) is 2.69. The van der Waals surface area contributed by atoms with Crippen LogP contribution in [0.1, 0.15) is 45.4 Å². The normalized spacial score (nSPS) is 8.53. The Balaban J connectivity index is 0. The van der Waals surface area contributed by atoms with Gasteiger partial charge in [-0.05, 0) is 12.5 Å². The standard InChI is InChI=1S/C10H18O2.C3H5NO/c1-3-5-6-7-8-9-10(11)12-4-2;1-2-3(4)5/h4H,2-3,5-9H2,1H3;2H,1H2,(H2,4,5). The molecule has 0 aliphatic heterocycles. The lowest BCUT2D eigenvalue weighted by atomic mass is 10.1. The van der Waals surface area contributed by atoms with Gasteiger partial charge in [0, 0.05) is 6.42 Å². The molecule has 0 aliphatic carbocycles. The van der Waals surface area contributed by atoms with E-state index in [2.05, 4.69) is 30.6 Å². The van der Waals surface area contributed by atoms with Gasteiger partial charge in [0.2, 0.25) is 5.91 Å². The van der Waals surface area contributed by atoms with Crippen molar-refractivity contribution in [2.24, 2.45) is 5.73 Å². The molecule has 0 rings (SSSR count). The molecule has 0 aromatic carbocycles. The third-order valence-electron chi connectivity index (χ3n) is 1.90. The fourth-order valence-corrected chi connectivity index (χ4v) is 1.02. The first-order valence-corrected chi connectivity index (χ1v) is 5.80. The molecule has 4 heteroatoms. The van der Waals surface area contributed by atoms with Crippen LogP contribution in [0, 0.1) is 0 Å². The van der Waals surface area contributed by atoms with Crippen molar-refractivity contribution in [3.05, 3.63) is 25.5 Å². The molecule has 0 heterocycles. The van der Waals surface area contributed by atoms with Gasteiger partial charge in [-0.15, -0.1) is 0 Å². The van der Waals surface area contributed by atoms with Gasteiger partial charge in [0.05, 0.1) is 6.26 Å². The van der Waals surface area contributed by atoms with E-state index in [1.165, 1.54) is 25.5 Å². The molecule has 4 nitrogen and oxygen atoms in total. The van der Waals surface area contributed by atoms with Gasteiger partial charge in [0.15, 0.2) is 0 Å². The van der Waals surface area contributed by atoms with Gasteiger partial charge in [0.1, 0.15) is 0 Å². The summed E-state index contributed by atoms with van der Waals surface area (Å²) in [5.74, 6) is -0.647. The second-order valence-corrected chi connectivity index (χ2v) is 3.43. The van der Waals surface area contributed by atoms with Gasteiger partial charge in [-0.3, -0.25) is 9.59 Å². The minimum atomic E-state index is -0.481. The molecule has 1 amide bonds. The van der Waals surface area contributed by atoms with Crippen molar-refractivity contribution in [1.29, 1.82) is 0 Å². The Morgan fingerprint density at radius 1 is 1.18 bits per heavy atom. The van der Waals surface area contributed by atoms with E-state index in [9.17, 15) is 9.59 Å². The molecular formula is C13H23NO3. The third-order valence-corrected chi connectivity index (χ3v) is 1.90. The van der Waals surface area contributed by atoms with E-state index in [1.54, 1.807) is 0 Å². The van der Waals surface area contributed by atoms with E-state index in [1.807, 2.05) is 0 Å². The second kappa shape index (κ2) is 14.4. The van der Waals surface area contributed by atoms with Crippen molar-refractivity contribution in [2.45, 2.75) is 45.4 Å². The molecule has 0 bridgehead atoms. The van der Waals surface area contributed by atoms with Crippen LogP contribution in [0.25, 0.3) is 0 Å². The number of esters is 1. The van der Waals surface area contributed by atoms with Crippen LogP contribution in [0.15, 0.2) is 25.5 Å². The number of amides is 1. The van der Waals surface area contributed by atoms with Crippen LogP contribution < -0.4 is 5.73 Å². The van der Waals surface area contributed by atoms with E-state index < -0.39 is 5.91 Å². The van der Waals surface area contributed by atoms with Crippen molar-refractivity contribution in [2.75, 3.05) is 0 Å². The highest BCUT2D eigenvalue weighted by Crippen LogP contribution is 2.05. The average molecular weight is 241 g/mol. The number of primary amides is 1. The number of unbranched alkanes of at least 4 members (excludes halogenated alkanes) is 4. The van der Waals surface area contributed by atoms with Gasteiger partial charge < -0.3 is 10.5 Å². The van der Waals surface area contributed by atoms with Crippen LogP contribution in [0.3, 0.4) is 0 Å². The topological polar surface area (TPSA) is 69.4 Å². The zero-order valence-corrected chi connectivity index (χ0v) is 10.6. The van der Waals surface area contributed by atoms with Crippen LogP contribution in [-0.2, 0) is 14.3 Å². The van der Waals surface area contributed by atoms with E-state index in [-0.39, 0.29) is 5.97 Å². The molecule has 0 aliphatic rings. The molecule has 0 fully saturated rings. The fraction of sp³-hybridized carbons (Fsp3) is 0.538. The molecule has 0 atom stereocenters. The van der Waals surface area contributed by atoms with Crippen molar-refractivity contribution < 1.29 is 14.3 Å². The Bertz CT molecular complexity index is 237. The Hall–Kier alpha value is -1.58. The summed E-state index contributed by atoms with van der Waals surface area (Å²) in [4.78, 5) is 20.3. The number of hydrogen-bond acceptors (Lipinski definition) is 3. The number of nitrogens with two attached hydrogens (primary N) is 1. The summed E-state index contributed by atoms with van der Waals surface area (Å²) in [5, 5.41) is 0. The fourth-order valence-electron chi connectivity index (χ4n) is 1.02. The second-order valence-electron chi connectivity index (χ2n) is 3.43. The smallest absolute Gasteiger partial charge is 0.310 e. The summed E-state index contributed by atoms with van der Waals surface area (Å²) in [5.41, 5.74) is 4.53. The first-order chi connectivity index (χ1) is 8.08. The first kappa shape index (κ1) is 17.8. The summed E-state index contributed by atoms with van der Waals surface area (Å²) in [7, 11) is 0. The van der Waals surface area contributed by atoms with Crippen LogP contribution in [0.5, 0.6) is 0 Å². The zero-order valence-electron chi connectivity index (χ0n) is 10.6. The molecule has 17 heavy (non-hydrogen) atoms. The molecule has 0 unspecified atom stereocenters. The van der Waals surface area contributed by atoms with Crippen molar-refractivity contribution in [3.8, 4) is 0 Å². The Labute approximate surface area is 104 Å². The molecule has 0 spiro atoms. The summed E-state index contributed by atoms with van der Waals surface area (Å²) >= 11 is 0. The Morgan fingerprint density at radius 3 is 2.12 bits per heavy atom. The summed E-state index contributed by atoms with van der Waals surface area (Å²) in [6.07, 6.45) is 8.54. The predicted molar refractivity (Wildman–Crippen MR) is 69.1 cm³/mol. The molecular weight excluding hydrogens is 218 g/mol. The Kier molecular flexibility index (Phi) is 15.1. The minimum absolute atomic E-state index is 0.165. The number of carbonyl (C=O) groups excluding carboxylic acids is 2. The van der Waals surface area contributed by atoms with E-state index in [4.69, 9.17) is 0 Å². The lowest BCUT2D eigenvalue weighted by Crippen LogP contribution is -2.04. The SMILES string of the molecule is C=CC(N)=O.C=COC(=O)CCCCCCC. The first-order valence-electron chi connectivity index (χ1n) is 5.80.